The average Bonchev–Trinajstić information content (AvgIpc) is 3.00. The molecule has 0 saturated carbocycles. The first-order valence-corrected chi connectivity index (χ1v) is 7.72. The molecule has 2 rings (SSSR count). The third-order valence-corrected chi connectivity index (χ3v) is 3.70. The summed E-state index contributed by atoms with van der Waals surface area (Å²) in [6.45, 7) is 6.47. The SMILES string of the molecule is CCCC(CC)Nc1nc(NC)nc(N2CCCC2)n1. The number of hydrogen-bond donors (Lipinski definition) is 2. The van der Waals surface area contributed by atoms with Gasteiger partial charge in [-0.25, -0.2) is 0 Å². The topological polar surface area (TPSA) is 66.0 Å². The summed E-state index contributed by atoms with van der Waals surface area (Å²) < 4.78 is 0. The fourth-order valence-electron chi connectivity index (χ4n) is 2.51. The van der Waals surface area contributed by atoms with Crippen molar-refractivity contribution in [2.24, 2.45) is 0 Å². The molecule has 112 valence electrons. The van der Waals surface area contributed by atoms with Gasteiger partial charge < -0.3 is 15.5 Å². The number of nitrogens with one attached hydrogen (secondary N) is 2. The van der Waals surface area contributed by atoms with Gasteiger partial charge in [0.05, 0.1) is 0 Å². The molecule has 1 atom stereocenters. The molecule has 1 fully saturated rings. The zero-order chi connectivity index (χ0) is 14.4. The van der Waals surface area contributed by atoms with E-state index in [1.54, 1.807) is 0 Å². The van der Waals surface area contributed by atoms with Crippen molar-refractivity contribution in [3.05, 3.63) is 0 Å². The van der Waals surface area contributed by atoms with Gasteiger partial charge in [-0.1, -0.05) is 20.3 Å². The zero-order valence-corrected chi connectivity index (χ0v) is 12.8. The Hall–Kier alpha value is -1.59. The molecular formula is C14H26N6. The monoisotopic (exact) mass is 278 g/mol. The lowest BCUT2D eigenvalue weighted by Crippen LogP contribution is -2.24. The maximum Gasteiger partial charge on any atom is 0.231 e. The quantitative estimate of drug-likeness (QED) is 0.799. The van der Waals surface area contributed by atoms with Crippen molar-refractivity contribution in [3.8, 4) is 0 Å². The molecule has 20 heavy (non-hydrogen) atoms. The molecule has 0 aromatic carbocycles. The summed E-state index contributed by atoms with van der Waals surface area (Å²) in [7, 11) is 1.84. The molecule has 6 nitrogen and oxygen atoms in total. The van der Waals surface area contributed by atoms with E-state index in [-0.39, 0.29) is 0 Å². The minimum atomic E-state index is 0.429. The molecule has 6 heteroatoms. The molecule has 0 amide bonds. The molecule has 1 aromatic rings. The van der Waals surface area contributed by atoms with Gasteiger partial charge in [-0.05, 0) is 25.7 Å². The van der Waals surface area contributed by atoms with Crippen molar-refractivity contribution in [3.63, 3.8) is 0 Å². The van der Waals surface area contributed by atoms with E-state index >= 15 is 0 Å². The molecule has 1 aliphatic rings. The van der Waals surface area contributed by atoms with Gasteiger partial charge in [0, 0.05) is 26.2 Å². The Labute approximate surface area is 121 Å². The summed E-state index contributed by atoms with van der Waals surface area (Å²) in [6.07, 6.45) is 5.81. The van der Waals surface area contributed by atoms with Crippen LogP contribution in [0.1, 0.15) is 46.0 Å². The second-order valence-electron chi connectivity index (χ2n) is 5.26. The third kappa shape index (κ3) is 3.71. The molecule has 0 bridgehead atoms. The molecule has 1 saturated heterocycles. The Morgan fingerprint density at radius 2 is 1.80 bits per heavy atom. The van der Waals surface area contributed by atoms with Crippen LogP contribution in [0.4, 0.5) is 17.8 Å². The van der Waals surface area contributed by atoms with Crippen molar-refractivity contribution in [1.82, 2.24) is 15.0 Å². The van der Waals surface area contributed by atoms with Gasteiger partial charge >= 0.3 is 0 Å². The van der Waals surface area contributed by atoms with E-state index in [1.807, 2.05) is 7.05 Å². The van der Waals surface area contributed by atoms with Crippen molar-refractivity contribution < 1.29 is 0 Å². The normalized spacial score (nSPS) is 16.2. The highest BCUT2D eigenvalue weighted by atomic mass is 15.3. The minimum absolute atomic E-state index is 0.429. The maximum atomic E-state index is 4.59. The molecular weight excluding hydrogens is 252 g/mol. The first kappa shape index (κ1) is 14.8. The third-order valence-electron chi connectivity index (χ3n) is 3.70. The van der Waals surface area contributed by atoms with E-state index in [0.717, 1.165) is 38.3 Å². The maximum absolute atomic E-state index is 4.59. The molecule has 1 aliphatic heterocycles. The van der Waals surface area contributed by atoms with E-state index in [9.17, 15) is 0 Å². The van der Waals surface area contributed by atoms with Gasteiger partial charge in [0.25, 0.3) is 0 Å². The highest BCUT2D eigenvalue weighted by Gasteiger charge is 2.18. The van der Waals surface area contributed by atoms with Gasteiger partial charge in [-0.3, -0.25) is 0 Å². The molecule has 2 heterocycles. The Kier molecular flexibility index (Phi) is 5.38. The van der Waals surface area contributed by atoms with Crippen molar-refractivity contribution in [2.75, 3.05) is 35.7 Å². The van der Waals surface area contributed by atoms with Crippen LogP contribution in [0.3, 0.4) is 0 Å². The van der Waals surface area contributed by atoms with Gasteiger partial charge in [0.2, 0.25) is 17.8 Å². The van der Waals surface area contributed by atoms with Gasteiger partial charge in [0.15, 0.2) is 0 Å². The first-order valence-electron chi connectivity index (χ1n) is 7.72. The average molecular weight is 278 g/mol. The van der Waals surface area contributed by atoms with E-state index in [0.29, 0.717) is 17.9 Å². The summed E-state index contributed by atoms with van der Waals surface area (Å²) in [5.41, 5.74) is 0. The van der Waals surface area contributed by atoms with Crippen LogP contribution in [0.25, 0.3) is 0 Å². The smallest absolute Gasteiger partial charge is 0.231 e. The van der Waals surface area contributed by atoms with Crippen molar-refractivity contribution in [2.45, 2.75) is 52.0 Å². The second kappa shape index (κ2) is 7.26. The minimum Gasteiger partial charge on any atom is -0.357 e. The van der Waals surface area contributed by atoms with Gasteiger partial charge in [-0.2, -0.15) is 15.0 Å². The van der Waals surface area contributed by atoms with Crippen LogP contribution < -0.4 is 15.5 Å². The predicted octanol–water partition coefficient (Wildman–Crippen LogP) is 2.50. The molecule has 2 N–H and O–H groups in total. The van der Waals surface area contributed by atoms with Crippen LogP contribution in [0, 0.1) is 0 Å². The fourth-order valence-corrected chi connectivity index (χ4v) is 2.51. The van der Waals surface area contributed by atoms with Crippen LogP contribution in [0.15, 0.2) is 0 Å². The van der Waals surface area contributed by atoms with Crippen LogP contribution in [0.2, 0.25) is 0 Å². The molecule has 0 spiro atoms. The highest BCUT2D eigenvalue weighted by molar-refractivity contribution is 5.44. The van der Waals surface area contributed by atoms with E-state index in [2.05, 4.69) is 44.3 Å². The lowest BCUT2D eigenvalue weighted by molar-refractivity contribution is 0.617. The number of rotatable bonds is 7. The second-order valence-corrected chi connectivity index (χ2v) is 5.26. The van der Waals surface area contributed by atoms with Crippen LogP contribution in [0.5, 0.6) is 0 Å². The Bertz CT molecular complexity index is 416. The predicted molar refractivity (Wildman–Crippen MR) is 83.4 cm³/mol. The van der Waals surface area contributed by atoms with Gasteiger partial charge in [-0.15, -0.1) is 0 Å². The van der Waals surface area contributed by atoms with Crippen LogP contribution in [-0.2, 0) is 0 Å². The number of anilines is 3. The molecule has 0 aliphatic carbocycles. The lowest BCUT2D eigenvalue weighted by Gasteiger charge is -2.19. The lowest BCUT2D eigenvalue weighted by atomic mass is 10.1. The summed E-state index contributed by atoms with van der Waals surface area (Å²) in [6, 6.07) is 0.429. The first-order chi connectivity index (χ1) is 9.76. The molecule has 1 aromatic heterocycles. The largest absolute Gasteiger partial charge is 0.357 e. The summed E-state index contributed by atoms with van der Waals surface area (Å²) in [4.78, 5) is 15.7. The Morgan fingerprint density at radius 3 is 2.40 bits per heavy atom. The van der Waals surface area contributed by atoms with Crippen molar-refractivity contribution >= 4 is 17.8 Å². The number of nitrogens with zero attached hydrogens (tertiary/aromatic N) is 4. The summed E-state index contributed by atoms with van der Waals surface area (Å²) in [5, 5.41) is 6.46. The standard InChI is InChI=1S/C14H26N6/c1-4-8-11(5-2)16-13-17-12(15-3)18-14(19-13)20-9-6-7-10-20/h11H,4-10H2,1-3H3,(H2,15,16,17,18,19). The van der Waals surface area contributed by atoms with Crippen LogP contribution in [-0.4, -0.2) is 41.1 Å². The Balaban J connectivity index is 2.16. The zero-order valence-electron chi connectivity index (χ0n) is 12.8. The Morgan fingerprint density at radius 1 is 1.10 bits per heavy atom. The van der Waals surface area contributed by atoms with Gasteiger partial charge in [0.1, 0.15) is 0 Å². The molecule has 1 unspecified atom stereocenters. The number of hydrogen-bond acceptors (Lipinski definition) is 6. The fraction of sp³-hybridized carbons (Fsp3) is 0.786. The summed E-state index contributed by atoms with van der Waals surface area (Å²) in [5.74, 6) is 2.11. The van der Waals surface area contributed by atoms with E-state index in [4.69, 9.17) is 0 Å². The molecule has 0 radical (unpaired) electrons. The van der Waals surface area contributed by atoms with Crippen LogP contribution >= 0.6 is 0 Å². The summed E-state index contributed by atoms with van der Waals surface area (Å²) >= 11 is 0. The highest BCUT2D eigenvalue weighted by Crippen LogP contribution is 2.19. The van der Waals surface area contributed by atoms with E-state index < -0.39 is 0 Å². The number of aromatic nitrogens is 3. The van der Waals surface area contributed by atoms with Crippen molar-refractivity contribution in [1.29, 1.82) is 0 Å². The van der Waals surface area contributed by atoms with E-state index in [1.165, 1.54) is 12.8 Å².